The maximum absolute atomic E-state index is 12.1. The number of aliphatic hydroxyl groups is 2. The van der Waals surface area contributed by atoms with Gasteiger partial charge in [0, 0.05) is 19.3 Å². The number of nitrogens with zero attached hydrogens (tertiary/aromatic N) is 2. The molecule has 1 atom stereocenters. The van der Waals surface area contributed by atoms with Gasteiger partial charge in [-0.25, -0.2) is 0 Å². The van der Waals surface area contributed by atoms with Gasteiger partial charge in [0.15, 0.2) is 0 Å². The molecule has 0 bridgehead atoms. The van der Waals surface area contributed by atoms with Crippen molar-refractivity contribution in [1.82, 2.24) is 9.88 Å². The summed E-state index contributed by atoms with van der Waals surface area (Å²) in [6, 6.07) is 1.53. The van der Waals surface area contributed by atoms with Crippen molar-refractivity contribution in [2.45, 2.75) is 25.4 Å². The van der Waals surface area contributed by atoms with Crippen LogP contribution in [0.5, 0.6) is 5.75 Å². The lowest BCUT2D eigenvalue weighted by Gasteiger charge is -2.33. The molecule has 1 amide bonds. The van der Waals surface area contributed by atoms with Crippen LogP contribution in [-0.2, 0) is 11.2 Å². The van der Waals surface area contributed by atoms with Crippen molar-refractivity contribution >= 4 is 5.91 Å². The van der Waals surface area contributed by atoms with E-state index in [-0.39, 0.29) is 30.6 Å². The summed E-state index contributed by atoms with van der Waals surface area (Å²) in [7, 11) is 0. The molecule has 0 radical (unpaired) electrons. The van der Waals surface area contributed by atoms with E-state index in [0.29, 0.717) is 31.5 Å². The van der Waals surface area contributed by atoms with Crippen LogP contribution in [0.25, 0.3) is 0 Å². The van der Waals surface area contributed by atoms with E-state index >= 15 is 0 Å². The van der Waals surface area contributed by atoms with E-state index in [1.165, 1.54) is 12.3 Å². The smallest absolute Gasteiger partial charge is 0.227 e. The van der Waals surface area contributed by atoms with E-state index in [4.69, 9.17) is 5.11 Å². The van der Waals surface area contributed by atoms with Gasteiger partial charge in [0.25, 0.3) is 0 Å². The van der Waals surface area contributed by atoms with E-state index in [9.17, 15) is 15.0 Å². The fourth-order valence-electron chi connectivity index (χ4n) is 2.54. The molecule has 0 aliphatic carbocycles. The van der Waals surface area contributed by atoms with Crippen molar-refractivity contribution in [3.8, 4) is 5.75 Å². The number of pyridine rings is 1. The maximum atomic E-state index is 12.1. The number of aliphatic hydroxyl groups excluding tert-OH is 2. The third-order valence-electron chi connectivity index (χ3n) is 3.76. The van der Waals surface area contributed by atoms with Crippen LogP contribution in [0.4, 0.5) is 0 Å². The number of hydrogen-bond acceptors (Lipinski definition) is 5. The minimum absolute atomic E-state index is 0.00524. The first-order chi connectivity index (χ1) is 9.60. The molecule has 1 saturated heterocycles. The lowest BCUT2D eigenvalue weighted by atomic mass is 9.91. The second-order valence-corrected chi connectivity index (χ2v) is 5.20. The van der Waals surface area contributed by atoms with Gasteiger partial charge in [-0.15, -0.1) is 0 Å². The van der Waals surface area contributed by atoms with Crippen molar-refractivity contribution in [1.29, 1.82) is 0 Å². The number of carbonyl (C=O) groups excluding carboxylic acids is 1. The Labute approximate surface area is 117 Å². The average molecular weight is 280 g/mol. The fourth-order valence-corrected chi connectivity index (χ4v) is 2.54. The molecule has 2 rings (SSSR count). The van der Waals surface area contributed by atoms with Crippen molar-refractivity contribution in [2.24, 2.45) is 5.92 Å². The Morgan fingerprint density at radius 2 is 2.10 bits per heavy atom. The molecule has 1 aliphatic rings. The van der Waals surface area contributed by atoms with Crippen LogP contribution >= 0.6 is 0 Å². The number of aromatic nitrogens is 1. The lowest BCUT2D eigenvalue weighted by Crippen LogP contribution is -2.42. The first kappa shape index (κ1) is 14.7. The van der Waals surface area contributed by atoms with Crippen molar-refractivity contribution in [3.63, 3.8) is 0 Å². The normalized spacial score (nSPS) is 18.0. The molecule has 0 aromatic carbocycles. The predicted octanol–water partition coefficient (Wildman–Crippen LogP) is -0.0785. The average Bonchev–Trinajstić information content (AvgIpc) is 2.46. The molecule has 1 fully saturated rings. The van der Waals surface area contributed by atoms with Gasteiger partial charge in [0.1, 0.15) is 5.75 Å². The Morgan fingerprint density at radius 1 is 1.40 bits per heavy atom. The molecular weight excluding hydrogens is 260 g/mol. The zero-order valence-corrected chi connectivity index (χ0v) is 11.3. The Balaban J connectivity index is 1.86. The zero-order chi connectivity index (χ0) is 14.5. The van der Waals surface area contributed by atoms with E-state index in [1.54, 1.807) is 11.1 Å². The Hall–Kier alpha value is -1.66. The van der Waals surface area contributed by atoms with Crippen LogP contribution in [0, 0.1) is 5.92 Å². The monoisotopic (exact) mass is 280 g/mol. The van der Waals surface area contributed by atoms with Crippen LogP contribution in [-0.4, -0.2) is 56.9 Å². The highest BCUT2D eigenvalue weighted by molar-refractivity contribution is 5.78. The number of aromatic hydroxyl groups is 1. The topological polar surface area (TPSA) is 93.9 Å². The summed E-state index contributed by atoms with van der Waals surface area (Å²) in [4.78, 5) is 17.7. The number of rotatable bonds is 4. The second-order valence-electron chi connectivity index (χ2n) is 5.20. The van der Waals surface area contributed by atoms with Crippen LogP contribution in [0.2, 0.25) is 0 Å². The van der Waals surface area contributed by atoms with Crippen LogP contribution in [0.1, 0.15) is 18.4 Å². The highest BCUT2D eigenvalue weighted by atomic mass is 16.3. The molecule has 20 heavy (non-hydrogen) atoms. The highest BCUT2D eigenvalue weighted by Crippen LogP contribution is 2.21. The molecule has 3 N–H and O–H groups in total. The SMILES string of the molecule is O=C(Cc1cncc(O)c1)N1CCC(C(O)CO)CC1. The summed E-state index contributed by atoms with van der Waals surface area (Å²) in [6.45, 7) is 0.952. The van der Waals surface area contributed by atoms with Crippen molar-refractivity contribution in [3.05, 3.63) is 24.0 Å². The molecule has 1 unspecified atom stereocenters. The van der Waals surface area contributed by atoms with E-state index in [0.717, 1.165) is 0 Å². The quantitative estimate of drug-likeness (QED) is 0.717. The zero-order valence-electron chi connectivity index (χ0n) is 11.3. The molecule has 1 aliphatic heterocycles. The van der Waals surface area contributed by atoms with Gasteiger partial charge in [-0.2, -0.15) is 0 Å². The standard InChI is InChI=1S/C14H20N2O4/c17-9-13(19)11-1-3-16(4-2-11)14(20)6-10-5-12(18)8-15-7-10/h5,7-8,11,13,17-19H,1-4,6,9H2. The molecule has 2 heterocycles. The molecule has 0 saturated carbocycles. The van der Waals surface area contributed by atoms with Gasteiger partial charge < -0.3 is 20.2 Å². The molecule has 6 nitrogen and oxygen atoms in total. The molecule has 1 aromatic rings. The number of likely N-dealkylation sites (tertiary alicyclic amines) is 1. The van der Waals surface area contributed by atoms with Gasteiger partial charge in [0.05, 0.1) is 25.3 Å². The predicted molar refractivity (Wildman–Crippen MR) is 72.0 cm³/mol. The van der Waals surface area contributed by atoms with Gasteiger partial charge in [0.2, 0.25) is 5.91 Å². The minimum atomic E-state index is -0.692. The fraction of sp³-hybridized carbons (Fsp3) is 0.571. The van der Waals surface area contributed by atoms with Crippen molar-refractivity contribution in [2.75, 3.05) is 19.7 Å². The first-order valence-electron chi connectivity index (χ1n) is 6.79. The third kappa shape index (κ3) is 3.68. The highest BCUT2D eigenvalue weighted by Gasteiger charge is 2.26. The Kier molecular flexibility index (Phi) is 4.92. The van der Waals surface area contributed by atoms with Gasteiger partial charge in [-0.1, -0.05) is 0 Å². The number of carbonyl (C=O) groups is 1. The van der Waals surface area contributed by atoms with E-state index in [1.807, 2.05) is 0 Å². The number of piperidine rings is 1. The molecular formula is C14H20N2O4. The summed E-state index contributed by atoms with van der Waals surface area (Å²) in [5.74, 6) is 0.112. The van der Waals surface area contributed by atoms with E-state index in [2.05, 4.69) is 4.98 Å². The largest absolute Gasteiger partial charge is 0.506 e. The van der Waals surface area contributed by atoms with Crippen LogP contribution in [0.15, 0.2) is 18.5 Å². The summed E-state index contributed by atoms with van der Waals surface area (Å²) in [5, 5.41) is 27.8. The van der Waals surface area contributed by atoms with E-state index < -0.39 is 6.10 Å². The second kappa shape index (κ2) is 6.67. The number of hydrogen-bond donors (Lipinski definition) is 3. The third-order valence-corrected chi connectivity index (χ3v) is 3.76. The van der Waals surface area contributed by atoms with Gasteiger partial charge in [-0.3, -0.25) is 9.78 Å². The minimum Gasteiger partial charge on any atom is -0.506 e. The Morgan fingerprint density at radius 3 is 2.70 bits per heavy atom. The molecule has 0 spiro atoms. The molecule has 6 heteroatoms. The summed E-state index contributed by atoms with van der Waals surface area (Å²) >= 11 is 0. The summed E-state index contributed by atoms with van der Waals surface area (Å²) in [6.07, 6.45) is 3.82. The van der Waals surface area contributed by atoms with Crippen molar-refractivity contribution < 1.29 is 20.1 Å². The van der Waals surface area contributed by atoms with Gasteiger partial charge in [-0.05, 0) is 30.4 Å². The molecule has 110 valence electrons. The maximum Gasteiger partial charge on any atom is 0.227 e. The van der Waals surface area contributed by atoms with Crippen LogP contribution < -0.4 is 0 Å². The molecule has 1 aromatic heterocycles. The summed E-state index contributed by atoms with van der Waals surface area (Å²) in [5.41, 5.74) is 0.688. The Bertz CT molecular complexity index is 458. The number of amides is 1. The van der Waals surface area contributed by atoms with Crippen LogP contribution in [0.3, 0.4) is 0 Å². The van der Waals surface area contributed by atoms with Gasteiger partial charge >= 0.3 is 0 Å². The first-order valence-corrected chi connectivity index (χ1v) is 6.79. The summed E-state index contributed by atoms with van der Waals surface area (Å²) < 4.78 is 0. The lowest BCUT2D eigenvalue weighted by molar-refractivity contribution is -0.132.